The first-order valence-electron chi connectivity index (χ1n) is 5.61. The van der Waals surface area contributed by atoms with Gasteiger partial charge in [-0.3, -0.25) is 9.78 Å². The molecule has 3 heterocycles. The maximum atomic E-state index is 5.86. The van der Waals surface area contributed by atoms with Crippen molar-refractivity contribution in [1.29, 1.82) is 0 Å². The van der Waals surface area contributed by atoms with Crippen molar-refractivity contribution in [2.24, 2.45) is 7.05 Å². The number of fused-ring (bicyclic) bond motifs is 1. The molecule has 0 amide bonds. The molecular weight excluding hydrogens is 268 g/mol. The molecular formula is C11H11ClN6O. The van der Waals surface area contributed by atoms with Gasteiger partial charge in [-0.2, -0.15) is 20.2 Å². The lowest BCUT2D eigenvalue weighted by Crippen LogP contribution is -1.95. The van der Waals surface area contributed by atoms with E-state index in [1.54, 1.807) is 10.9 Å². The molecule has 0 aliphatic heterocycles. The van der Waals surface area contributed by atoms with E-state index in [1.807, 2.05) is 20.9 Å². The minimum atomic E-state index is 0.103. The van der Waals surface area contributed by atoms with Crippen molar-refractivity contribution >= 4 is 22.6 Å². The van der Waals surface area contributed by atoms with Crippen LogP contribution in [0.25, 0.3) is 11.0 Å². The van der Waals surface area contributed by atoms with Crippen LogP contribution in [0.5, 0.6) is 11.6 Å². The number of aromatic nitrogens is 6. The van der Waals surface area contributed by atoms with Gasteiger partial charge in [0.25, 0.3) is 0 Å². The van der Waals surface area contributed by atoms with Gasteiger partial charge in [-0.15, -0.1) is 0 Å². The van der Waals surface area contributed by atoms with Gasteiger partial charge in [0, 0.05) is 7.05 Å². The lowest BCUT2D eigenvalue weighted by molar-refractivity contribution is 0.460. The number of nitrogens with zero attached hydrogens (tertiary/aromatic N) is 5. The van der Waals surface area contributed by atoms with Gasteiger partial charge in [0.1, 0.15) is 11.1 Å². The second kappa shape index (κ2) is 4.20. The van der Waals surface area contributed by atoms with Gasteiger partial charge in [0.15, 0.2) is 11.4 Å². The Labute approximate surface area is 113 Å². The minimum Gasteiger partial charge on any atom is -0.434 e. The second-order valence-electron chi connectivity index (χ2n) is 4.16. The Morgan fingerprint density at radius 1 is 1.32 bits per heavy atom. The van der Waals surface area contributed by atoms with Gasteiger partial charge in [0.2, 0.25) is 11.2 Å². The zero-order valence-electron chi connectivity index (χ0n) is 10.6. The van der Waals surface area contributed by atoms with E-state index in [1.165, 1.54) is 0 Å². The molecule has 98 valence electrons. The van der Waals surface area contributed by atoms with Gasteiger partial charge >= 0.3 is 0 Å². The number of rotatable bonds is 2. The number of hydrogen-bond acceptors (Lipinski definition) is 5. The highest BCUT2D eigenvalue weighted by molar-refractivity contribution is 6.28. The van der Waals surface area contributed by atoms with Gasteiger partial charge < -0.3 is 4.74 Å². The first kappa shape index (κ1) is 11.9. The molecule has 0 saturated heterocycles. The van der Waals surface area contributed by atoms with Crippen LogP contribution in [0.3, 0.4) is 0 Å². The summed E-state index contributed by atoms with van der Waals surface area (Å²) in [7, 11) is 1.86. The molecule has 0 aliphatic rings. The Balaban J connectivity index is 2.12. The molecule has 3 aromatic rings. The maximum Gasteiger partial charge on any atom is 0.234 e. The van der Waals surface area contributed by atoms with Crippen molar-refractivity contribution in [2.45, 2.75) is 13.8 Å². The summed E-state index contributed by atoms with van der Waals surface area (Å²) in [6, 6.07) is 0. The average molecular weight is 279 g/mol. The van der Waals surface area contributed by atoms with Crippen molar-refractivity contribution in [2.75, 3.05) is 0 Å². The monoisotopic (exact) mass is 278 g/mol. The summed E-state index contributed by atoms with van der Waals surface area (Å²) in [5, 5.41) is 11.7. The lowest BCUT2D eigenvalue weighted by Gasteiger charge is -2.05. The third-order valence-corrected chi connectivity index (χ3v) is 3.06. The first-order chi connectivity index (χ1) is 9.06. The molecule has 0 saturated carbocycles. The molecule has 0 aliphatic carbocycles. The summed E-state index contributed by atoms with van der Waals surface area (Å²) in [6.45, 7) is 3.79. The summed E-state index contributed by atoms with van der Waals surface area (Å²) in [5.74, 6) is 1.03. The van der Waals surface area contributed by atoms with E-state index in [0.29, 0.717) is 22.7 Å². The molecule has 3 aromatic heterocycles. The summed E-state index contributed by atoms with van der Waals surface area (Å²) in [6.07, 6.45) is 1.60. The van der Waals surface area contributed by atoms with E-state index < -0.39 is 0 Å². The van der Waals surface area contributed by atoms with Crippen molar-refractivity contribution in [3.8, 4) is 11.6 Å². The van der Waals surface area contributed by atoms with Gasteiger partial charge in [-0.25, -0.2) is 0 Å². The summed E-state index contributed by atoms with van der Waals surface area (Å²) >= 11 is 5.86. The van der Waals surface area contributed by atoms with Crippen molar-refractivity contribution in [3.63, 3.8) is 0 Å². The zero-order chi connectivity index (χ0) is 13.6. The van der Waals surface area contributed by atoms with Crippen LogP contribution in [-0.4, -0.2) is 29.9 Å². The molecule has 0 bridgehead atoms. The molecule has 3 rings (SSSR count). The van der Waals surface area contributed by atoms with E-state index in [2.05, 4.69) is 25.3 Å². The standard InChI is InChI=1S/C11H11ClN6O/c1-5-8(6(2)18(3)17-5)19-10-7-4-13-16-9(7)14-11(12)15-10/h4H,1-3H3,(H,13,14,15,16). The second-order valence-corrected chi connectivity index (χ2v) is 4.49. The summed E-state index contributed by atoms with van der Waals surface area (Å²) < 4.78 is 7.58. The topological polar surface area (TPSA) is 81.5 Å². The fourth-order valence-corrected chi connectivity index (χ4v) is 2.02. The smallest absolute Gasteiger partial charge is 0.234 e. The normalized spacial score (nSPS) is 11.2. The quantitative estimate of drug-likeness (QED) is 0.726. The van der Waals surface area contributed by atoms with Crippen LogP contribution in [0, 0.1) is 13.8 Å². The predicted molar refractivity (Wildman–Crippen MR) is 69.4 cm³/mol. The number of H-pyrrole nitrogens is 1. The highest BCUT2D eigenvalue weighted by Gasteiger charge is 2.16. The molecule has 0 unspecified atom stereocenters. The van der Waals surface area contributed by atoms with E-state index in [9.17, 15) is 0 Å². The van der Waals surface area contributed by atoms with Crippen LogP contribution < -0.4 is 4.74 Å². The van der Waals surface area contributed by atoms with Gasteiger partial charge in [-0.05, 0) is 25.4 Å². The number of ether oxygens (including phenoxy) is 1. The largest absolute Gasteiger partial charge is 0.434 e. The molecule has 0 aromatic carbocycles. The van der Waals surface area contributed by atoms with Gasteiger partial charge in [-0.1, -0.05) is 0 Å². The third-order valence-electron chi connectivity index (χ3n) is 2.89. The number of nitrogens with one attached hydrogen (secondary N) is 1. The Hall–Kier alpha value is -2.15. The van der Waals surface area contributed by atoms with Crippen LogP contribution in [0.15, 0.2) is 6.20 Å². The average Bonchev–Trinajstić information content (AvgIpc) is 2.90. The van der Waals surface area contributed by atoms with Crippen molar-refractivity contribution < 1.29 is 4.74 Å². The molecule has 0 spiro atoms. The van der Waals surface area contributed by atoms with Gasteiger partial charge in [0.05, 0.1) is 11.9 Å². The van der Waals surface area contributed by atoms with Crippen LogP contribution in [0.4, 0.5) is 0 Å². The molecule has 0 fully saturated rings. The Morgan fingerprint density at radius 2 is 2.11 bits per heavy atom. The molecule has 0 radical (unpaired) electrons. The minimum absolute atomic E-state index is 0.103. The van der Waals surface area contributed by atoms with Crippen LogP contribution in [-0.2, 0) is 7.05 Å². The first-order valence-corrected chi connectivity index (χ1v) is 5.98. The number of aryl methyl sites for hydroxylation is 2. The summed E-state index contributed by atoms with van der Waals surface area (Å²) in [5.41, 5.74) is 2.23. The molecule has 1 N–H and O–H groups in total. The van der Waals surface area contributed by atoms with Crippen LogP contribution >= 0.6 is 11.6 Å². The number of hydrogen-bond donors (Lipinski definition) is 1. The Bertz CT molecular complexity index is 762. The van der Waals surface area contributed by atoms with E-state index in [4.69, 9.17) is 16.3 Å². The lowest BCUT2D eigenvalue weighted by atomic mass is 10.3. The molecule has 19 heavy (non-hydrogen) atoms. The highest BCUT2D eigenvalue weighted by Crippen LogP contribution is 2.31. The third kappa shape index (κ3) is 1.91. The van der Waals surface area contributed by atoms with Crippen molar-refractivity contribution in [3.05, 3.63) is 22.9 Å². The Kier molecular flexibility index (Phi) is 2.63. The Morgan fingerprint density at radius 3 is 2.79 bits per heavy atom. The fraction of sp³-hybridized carbons (Fsp3) is 0.273. The highest BCUT2D eigenvalue weighted by atomic mass is 35.5. The number of halogens is 1. The molecule has 8 heteroatoms. The van der Waals surface area contributed by atoms with Crippen LogP contribution in [0.1, 0.15) is 11.4 Å². The van der Waals surface area contributed by atoms with E-state index >= 15 is 0 Å². The molecule has 7 nitrogen and oxygen atoms in total. The zero-order valence-corrected chi connectivity index (χ0v) is 11.4. The SMILES string of the molecule is Cc1nn(C)c(C)c1Oc1nc(Cl)nc2[nH]ncc12. The number of aromatic amines is 1. The predicted octanol–water partition coefficient (Wildman–Crippen LogP) is 2.15. The fourth-order valence-electron chi connectivity index (χ4n) is 1.86. The summed E-state index contributed by atoms with van der Waals surface area (Å²) in [4.78, 5) is 8.12. The van der Waals surface area contributed by atoms with Crippen LogP contribution in [0.2, 0.25) is 5.28 Å². The van der Waals surface area contributed by atoms with E-state index in [0.717, 1.165) is 11.4 Å². The molecule has 0 atom stereocenters. The van der Waals surface area contributed by atoms with Crippen molar-refractivity contribution in [1.82, 2.24) is 29.9 Å². The maximum absolute atomic E-state index is 5.86. The van der Waals surface area contributed by atoms with E-state index in [-0.39, 0.29) is 5.28 Å².